The third-order valence-electron chi connectivity index (χ3n) is 2.57. The highest BCUT2D eigenvalue weighted by Gasteiger charge is 2.07. The molecule has 0 radical (unpaired) electrons. The Bertz CT molecular complexity index is 722. The number of nitrogens with zero attached hydrogens (tertiary/aromatic N) is 1. The summed E-state index contributed by atoms with van der Waals surface area (Å²) in [5.74, 6) is 0.694. The Morgan fingerprint density at radius 3 is 2.63 bits per heavy atom. The number of halogens is 2. The topological polar surface area (TPSA) is 64.1 Å². The van der Waals surface area contributed by atoms with Gasteiger partial charge in [0.25, 0.3) is 5.56 Å². The van der Waals surface area contributed by atoms with Gasteiger partial charge in [0.05, 0.1) is 22.6 Å². The lowest BCUT2D eigenvalue weighted by atomic mass is 10.2. The monoisotopic (exact) mass is 388 g/mol. The summed E-state index contributed by atoms with van der Waals surface area (Å²) in [5.41, 5.74) is 0.00852. The zero-order valence-electron chi connectivity index (χ0n) is 9.94. The minimum absolute atomic E-state index is 0.191. The first-order chi connectivity index (χ1) is 9.02. The van der Waals surface area contributed by atoms with Crippen molar-refractivity contribution in [3.05, 3.63) is 59.7 Å². The van der Waals surface area contributed by atoms with Gasteiger partial charge < -0.3 is 9.72 Å². The van der Waals surface area contributed by atoms with E-state index in [1.807, 2.05) is 6.07 Å². The molecule has 0 aliphatic heterocycles. The minimum Gasteiger partial charge on any atom is -0.496 e. The molecule has 0 aliphatic carbocycles. The second-order valence-corrected chi connectivity index (χ2v) is 5.51. The molecule has 100 valence electrons. The second-order valence-electron chi connectivity index (χ2n) is 3.80. The van der Waals surface area contributed by atoms with E-state index in [4.69, 9.17) is 4.74 Å². The lowest BCUT2D eigenvalue weighted by Crippen LogP contribution is -2.35. The van der Waals surface area contributed by atoms with Crippen LogP contribution < -0.4 is 16.0 Å². The molecule has 2 aromatic rings. The van der Waals surface area contributed by atoms with Crippen LogP contribution in [0.2, 0.25) is 0 Å². The largest absolute Gasteiger partial charge is 0.496 e. The average molecular weight is 390 g/mol. The van der Waals surface area contributed by atoms with Crippen LogP contribution >= 0.6 is 31.9 Å². The first-order valence-electron chi connectivity index (χ1n) is 5.33. The smallest absolute Gasteiger partial charge is 0.328 e. The van der Waals surface area contributed by atoms with Gasteiger partial charge in [0.1, 0.15) is 5.75 Å². The highest BCUT2D eigenvalue weighted by molar-refractivity contribution is 9.10. The molecule has 1 aromatic carbocycles. The van der Waals surface area contributed by atoms with Gasteiger partial charge in [0.2, 0.25) is 0 Å². The molecule has 0 atom stereocenters. The fourth-order valence-corrected chi connectivity index (χ4v) is 2.54. The molecule has 2 rings (SSSR count). The molecule has 0 bridgehead atoms. The Morgan fingerprint density at radius 1 is 1.26 bits per heavy atom. The molecule has 1 aromatic heterocycles. The molecule has 19 heavy (non-hydrogen) atoms. The van der Waals surface area contributed by atoms with Crippen LogP contribution in [0.25, 0.3) is 0 Å². The Morgan fingerprint density at radius 2 is 2.00 bits per heavy atom. The number of aromatic amines is 1. The third kappa shape index (κ3) is 2.98. The van der Waals surface area contributed by atoms with Crippen molar-refractivity contribution in [1.82, 2.24) is 9.55 Å². The fraction of sp³-hybridized carbons (Fsp3) is 0.167. The number of aromatic nitrogens is 2. The van der Waals surface area contributed by atoms with Crippen molar-refractivity contribution in [2.45, 2.75) is 6.54 Å². The Balaban J connectivity index is 2.42. The van der Waals surface area contributed by atoms with Gasteiger partial charge in [-0.25, -0.2) is 4.79 Å². The number of ether oxygens (including phenoxy) is 1. The van der Waals surface area contributed by atoms with Crippen molar-refractivity contribution in [3.63, 3.8) is 0 Å². The van der Waals surface area contributed by atoms with E-state index in [0.29, 0.717) is 10.2 Å². The van der Waals surface area contributed by atoms with Crippen LogP contribution in [0.4, 0.5) is 0 Å². The molecule has 1 N–H and O–H groups in total. The predicted molar refractivity (Wildman–Crippen MR) is 78.8 cm³/mol. The Kier molecular flexibility index (Phi) is 4.26. The molecule has 0 amide bonds. The first-order valence-corrected chi connectivity index (χ1v) is 6.92. The van der Waals surface area contributed by atoms with Gasteiger partial charge in [-0.05, 0) is 49.6 Å². The molecule has 5 nitrogen and oxygen atoms in total. The highest BCUT2D eigenvalue weighted by atomic mass is 79.9. The average Bonchev–Trinajstić information content (AvgIpc) is 2.39. The summed E-state index contributed by atoms with van der Waals surface area (Å²) in [6, 6.07) is 5.39. The molecule has 0 unspecified atom stereocenters. The first kappa shape index (κ1) is 14.1. The molecule has 0 aliphatic rings. The quantitative estimate of drug-likeness (QED) is 0.874. The molecule has 7 heteroatoms. The van der Waals surface area contributed by atoms with Crippen molar-refractivity contribution in [2.24, 2.45) is 0 Å². The van der Waals surface area contributed by atoms with E-state index >= 15 is 0 Å². The van der Waals surface area contributed by atoms with E-state index < -0.39 is 5.69 Å². The van der Waals surface area contributed by atoms with Gasteiger partial charge in [-0.2, -0.15) is 0 Å². The van der Waals surface area contributed by atoms with Gasteiger partial charge in [0, 0.05) is 6.20 Å². The van der Waals surface area contributed by atoms with Crippen molar-refractivity contribution in [1.29, 1.82) is 0 Å². The Labute approximate surface area is 125 Å². The molecular weight excluding hydrogens is 380 g/mol. The zero-order valence-corrected chi connectivity index (χ0v) is 13.1. The second kappa shape index (κ2) is 5.75. The van der Waals surface area contributed by atoms with Crippen LogP contribution in [0, 0.1) is 0 Å². The molecule has 0 spiro atoms. The van der Waals surface area contributed by atoms with E-state index in [9.17, 15) is 9.59 Å². The maximum atomic E-state index is 11.9. The van der Waals surface area contributed by atoms with Crippen LogP contribution in [0.3, 0.4) is 0 Å². The number of hydrogen-bond donors (Lipinski definition) is 1. The van der Waals surface area contributed by atoms with E-state index in [0.717, 1.165) is 14.6 Å². The van der Waals surface area contributed by atoms with Gasteiger partial charge in [-0.1, -0.05) is 6.07 Å². The van der Waals surface area contributed by atoms with Gasteiger partial charge >= 0.3 is 5.69 Å². The van der Waals surface area contributed by atoms with Gasteiger partial charge in [0.15, 0.2) is 0 Å². The predicted octanol–water partition coefficient (Wildman–Crippen LogP) is 2.12. The summed E-state index contributed by atoms with van der Waals surface area (Å²) in [6.45, 7) is 0.191. The van der Waals surface area contributed by atoms with E-state index in [-0.39, 0.29) is 12.1 Å². The summed E-state index contributed by atoms with van der Waals surface area (Å²) in [7, 11) is 1.57. The number of benzene rings is 1. The fourth-order valence-electron chi connectivity index (χ4n) is 1.62. The molecular formula is C12H10Br2N2O3. The standard InChI is InChI=1S/C12H10Br2N2O3/c1-19-10-3-2-7(4-8(10)13)6-16-11(17)9(14)5-15-12(16)18/h2-5H,6H2,1H3,(H,15,18). The number of H-pyrrole nitrogens is 1. The number of rotatable bonds is 3. The lowest BCUT2D eigenvalue weighted by Gasteiger charge is -2.08. The molecule has 0 saturated heterocycles. The van der Waals surface area contributed by atoms with Crippen LogP contribution in [-0.2, 0) is 6.54 Å². The Hall–Kier alpha value is -1.34. The lowest BCUT2D eigenvalue weighted by molar-refractivity contribution is 0.412. The number of methoxy groups -OCH3 is 1. The van der Waals surface area contributed by atoms with Crippen molar-refractivity contribution in [3.8, 4) is 5.75 Å². The van der Waals surface area contributed by atoms with Crippen molar-refractivity contribution >= 4 is 31.9 Å². The number of nitrogens with one attached hydrogen (secondary N) is 1. The van der Waals surface area contributed by atoms with E-state index in [1.54, 1.807) is 19.2 Å². The van der Waals surface area contributed by atoms with Crippen LogP contribution in [0.5, 0.6) is 5.75 Å². The minimum atomic E-state index is -0.444. The van der Waals surface area contributed by atoms with Crippen LogP contribution in [0.1, 0.15) is 5.56 Å². The summed E-state index contributed by atoms with van der Waals surface area (Å²) in [6.07, 6.45) is 1.34. The molecule has 1 heterocycles. The third-order valence-corrected chi connectivity index (χ3v) is 3.76. The zero-order chi connectivity index (χ0) is 14.0. The maximum Gasteiger partial charge on any atom is 0.328 e. The van der Waals surface area contributed by atoms with Crippen LogP contribution in [0.15, 0.2) is 42.9 Å². The summed E-state index contributed by atoms with van der Waals surface area (Å²) in [4.78, 5) is 26.0. The normalized spacial score (nSPS) is 10.5. The van der Waals surface area contributed by atoms with E-state index in [1.165, 1.54) is 6.20 Å². The highest BCUT2D eigenvalue weighted by Crippen LogP contribution is 2.25. The molecule has 0 saturated carbocycles. The maximum absolute atomic E-state index is 11.9. The van der Waals surface area contributed by atoms with Gasteiger partial charge in [-0.3, -0.25) is 9.36 Å². The number of hydrogen-bond acceptors (Lipinski definition) is 3. The van der Waals surface area contributed by atoms with Crippen molar-refractivity contribution < 1.29 is 4.74 Å². The van der Waals surface area contributed by atoms with Crippen LogP contribution in [-0.4, -0.2) is 16.7 Å². The van der Waals surface area contributed by atoms with E-state index in [2.05, 4.69) is 36.8 Å². The van der Waals surface area contributed by atoms with Crippen molar-refractivity contribution in [2.75, 3.05) is 7.11 Å². The molecule has 0 fully saturated rings. The summed E-state index contributed by atoms with van der Waals surface area (Å²) in [5, 5.41) is 0. The summed E-state index contributed by atoms with van der Waals surface area (Å²) < 4.78 is 7.34. The SMILES string of the molecule is COc1ccc(Cn2c(=O)[nH]cc(Br)c2=O)cc1Br. The summed E-state index contributed by atoms with van der Waals surface area (Å²) >= 11 is 6.46. The van der Waals surface area contributed by atoms with Gasteiger partial charge in [-0.15, -0.1) is 0 Å².